The molecule has 4 N–H and O–H groups in total. The summed E-state index contributed by atoms with van der Waals surface area (Å²) >= 11 is 0. The van der Waals surface area contributed by atoms with Gasteiger partial charge in [0.05, 0.1) is 6.42 Å². The zero-order valence-electron chi connectivity index (χ0n) is 8.63. The summed E-state index contributed by atoms with van der Waals surface area (Å²) in [7, 11) is 0. The number of carboxylic acids is 2. The predicted octanol–water partition coefficient (Wildman–Crippen LogP) is -1.28. The predicted molar refractivity (Wildman–Crippen MR) is 52.6 cm³/mol. The summed E-state index contributed by atoms with van der Waals surface area (Å²) in [5, 5.41) is 17.4. The molecule has 1 rings (SSSR count). The Kier molecular flexibility index (Phi) is 3.83. The summed E-state index contributed by atoms with van der Waals surface area (Å²) in [6.45, 7) is 0.515. The van der Waals surface area contributed by atoms with Gasteiger partial charge in [0, 0.05) is 13.0 Å². The van der Waals surface area contributed by atoms with Crippen molar-refractivity contribution in [3.8, 4) is 0 Å². The molecule has 7 heteroatoms. The molecule has 7 nitrogen and oxygen atoms in total. The van der Waals surface area contributed by atoms with Gasteiger partial charge in [-0.05, 0) is 12.5 Å². The fourth-order valence-corrected chi connectivity index (χ4v) is 1.76. The summed E-state index contributed by atoms with van der Waals surface area (Å²) in [4.78, 5) is 34.0. The third-order valence-corrected chi connectivity index (χ3v) is 2.60. The van der Waals surface area contributed by atoms with E-state index in [1.807, 2.05) is 0 Å². The van der Waals surface area contributed by atoms with E-state index in [-0.39, 0.29) is 24.8 Å². The number of carbonyl (C=O) groups excluding carboxylic acids is 1. The topological polar surface area (TPSA) is 121 Å². The number of carbonyl (C=O) groups is 3. The Morgan fingerprint density at radius 2 is 2.12 bits per heavy atom. The Hall–Kier alpha value is -1.63. The van der Waals surface area contributed by atoms with Crippen molar-refractivity contribution >= 4 is 17.8 Å². The van der Waals surface area contributed by atoms with Gasteiger partial charge in [0.2, 0.25) is 5.91 Å². The molecule has 2 atom stereocenters. The number of carboxylic acid groups (broad SMARTS) is 2. The number of hydrogen-bond acceptors (Lipinski definition) is 4. The molecular formula is C9H14N2O5. The number of likely N-dealkylation sites (tertiary alicyclic amines) is 1. The lowest BCUT2D eigenvalue weighted by atomic mass is 10.1. The number of rotatable bonds is 5. The summed E-state index contributed by atoms with van der Waals surface area (Å²) in [5.74, 6) is -2.96. The fourth-order valence-electron chi connectivity index (χ4n) is 1.76. The van der Waals surface area contributed by atoms with E-state index in [1.54, 1.807) is 0 Å². The first-order valence-electron chi connectivity index (χ1n) is 4.89. The molecule has 1 fully saturated rings. The monoisotopic (exact) mass is 230 g/mol. The van der Waals surface area contributed by atoms with Crippen molar-refractivity contribution in [2.45, 2.75) is 18.9 Å². The highest BCUT2D eigenvalue weighted by atomic mass is 16.4. The summed E-state index contributed by atoms with van der Waals surface area (Å²) in [6, 6.07) is -1.29. The molecule has 0 bridgehead atoms. The molecule has 0 aromatic carbocycles. The molecule has 16 heavy (non-hydrogen) atoms. The maximum absolute atomic E-state index is 11.5. The maximum Gasteiger partial charge on any atom is 0.327 e. The zero-order chi connectivity index (χ0) is 12.3. The first kappa shape index (κ1) is 12.4. The van der Waals surface area contributed by atoms with Gasteiger partial charge in [-0.3, -0.25) is 9.59 Å². The highest BCUT2D eigenvalue weighted by Gasteiger charge is 2.38. The SMILES string of the molecule is NCC1CC(=O)N([C@H](CC(=O)O)C(=O)O)C1. The Morgan fingerprint density at radius 3 is 2.50 bits per heavy atom. The van der Waals surface area contributed by atoms with Crippen LogP contribution in [0.3, 0.4) is 0 Å². The van der Waals surface area contributed by atoms with Crippen LogP contribution in [0.25, 0.3) is 0 Å². The van der Waals surface area contributed by atoms with Crippen LogP contribution >= 0.6 is 0 Å². The standard InChI is InChI=1S/C9H14N2O5/c10-3-5-1-7(12)11(4-5)6(9(15)16)2-8(13)14/h5-6H,1-4,10H2,(H,13,14)(H,15,16)/t5?,6-/m1/s1. The van der Waals surface area contributed by atoms with Crippen molar-refractivity contribution < 1.29 is 24.6 Å². The van der Waals surface area contributed by atoms with Crippen molar-refractivity contribution in [3.05, 3.63) is 0 Å². The molecule has 1 amide bonds. The molecule has 0 spiro atoms. The largest absolute Gasteiger partial charge is 0.481 e. The van der Waals surface area contributed by atoms with Gasteiger partial charge in [-0.15, -0.1) is 0 Å². The quantitative estimate of drug-likeness (QED) is 0.541. The van der Waals surface area contributed by atoms with Crippen molar-refractivity contribution in [1.29, 1.82) is 0 Å². The van der Waals surface area contributed by atoms with Gasteiger partial charge >= 0.3 is 11.9 Å². The Balaban J connectivity index is 2.75. The van der Waals surface area contributed by atoms with Gasteiger partial charge in [-0.1, -0.05) is 0 Å². The van der Waals surface area contributed by atoms with Crippen LogP contribution in [0.5, 0.6) is 0 Å². The smallest absolute Gasteiger partial charge is 0.327 e. The highest BCUT2D eigenvalue weighted by Crippen LogP contribution is 2.20. The average molecular weight is 230 g/mol. The van der Waals surface area contributed by atoms with Crippen LogP contribution in [0, 0.1) is 5.92 Å². The number of amides is 1. The first-order chi connectivity index (χ1) is 7.45. The summed E-state index contributed by atoms with van der Waals surface area (Å²) in [6.07, 6.45) is -0.391. The van der Waals surface area contributed by atoms with Crippen LogP contribution in [-0.2, 0) is 14.4 Å². The van der Waals surface area contributed by atoms with E-state index in [0.29, 0.717) is 6.54 Å². The van der Waals surface area contributed by atoms with Crippen LogP contribution in [0.4, 0.5) is 0 Å². The molecule has 1 aliphatic rings. The van der Waals surface area contributed by atoms with Crippen LogP contribution < -0.4 is 5.73 Å². The second kappa shape index (κ2) is 4.93. The van der Waals surface area contributed by atoms with Crippen molar-refractivity contribution in [1.82, 2.24) is 4.90 Å². The van der Waals surface area contributed by atoms with E-state index in [4.69, 9.17) is 15.9 Å². The van der Waals surface area contributed by atoms with Crippen molar-refractivity contribution in [2.75, 3.05) is 13.1 Å². The number of hydrogen-bond donors (Lipinski definition) is 3. The molecule has 1 unspecified atom stereocenters. The van der Waals surface area contributed by atoms with Gasteiger partial charge in [0.25, 0.3) is 0 Å². The van der Waals surface area contributed by atoms with Gasteiger partial charge < -0.3 is 20.8 Å². The Labute approximate surface area is 91.8 Å². The van der Waals surface area contributed by atoms with Crippen LogP contribution in [0.15, 0.2) is 0 Å². The lowest BCUT2D eigenvalue weighted by molar-refractivity contribution is -0.153. The number of nitrogens with zero attached hydrogens (tertiary/aromatic N) is 1. The van der Waals surface area contributed by atoms with E-state index in [0.717, 1.165) is 4.90 Å². The second-order valence-electron chi connectivity index (χ2n) is 3.80. The highest BCUT2D eigenvalue weighted by molar-refractivity contribution is 5.88. The molecular weight excluding hydrogens is 216 g/mol. The van der Waals surface area contributed by atoms with Gasteiger partial charge in [0.1, 0.15) is 6.04 Å². The first-order valence-corrected chi connectivity index (χ1v) is 4.89. The lowest BCUT2D eigenvalue weighted by Gasteiger charge is -2.23. The third-order valence-electron chi connectivity index (χ3n) is 2.60. The number of aliphatic carboxylic acids is 2. The summed E-state index contributed by atoms with van der Waals surface area (Å²) < 4.78 is 0. The normalized spacial score (nSPS) is 22.2. The summed E-state index contributed by atoms with van der Waals surface area (Å²) in [5.41, 5.74) is 5.39. The Morgan fingerprint density at radius 1 is 1.50 bits per heavy atom. The van der Waals surface area contributed by atoms with Crippen LogP contribution in [0.1, 0.15) is 12.8 Å². The second-order valence-corrected chi connectivity index (χ2v) is 3.80. The molecule has 0 aliphatic carbocycles. The molecule has 0 saturated carbocycles. The van der Waals surface area contributed by atoms with E-state index in [2.05, 4.69) is 0 Å². The van der Waals surface area contributed by atoms with E-state index in [9.17, 15) is 14.4 Å². The van der Waals surface area contributed by atoms with Gasteiger partial charge in [-0.2, -0.15) is 0 Å². The maximum atomic E-state index is 11.5. The van der Waals surface area contributed by atoms with Crippen LogP contribution in [0.2, 0.25) is 0 Å². The molecule has 1 aliphatic heterocycles. The van der Waals surface area contributed by atoms with Crippen LogP contribution in [-0.4, -0.2) is 52.1 Å². The van der Waals surface area contributed by atoms with E-state index in [1.165, 1.54) is 0 Å². The average Bonchev–Trinajstić information content (AvgIpc) is 2.55. The van der Waals surface area contributed by atoms with Gasteiger partial charge in [0.15, 0.2) is 0 Å². The molecule has 1 heterocycles. The fraction of sp³-hybridized carbons (Fsp3) is 0.667. The third kappa shape index (κ3) is 2.69. The minimum absolute atomic E-state index is 0.0804. The van der Waals surface area contributed by atoms with Crippen molar-refractivity contribution in [2.24, 2.45) is 11.7 Å². The van der Waals surface area contributed by atoms with E-state index >= 15 is 0 Å². The van der Waals surface area contributed by atoms with Gasteiger partial charge in [-0.25, -0.2) is 4.79 Å². The molecule has 90 valence electrons. The molecule has 0 aromatic heterocycles. The van der Waals surface area contributed by atoms with Crippen molar-refractivity contribution in [3.63, 3.8) is 0 Å². The minimum Gasteiger partial charge on any atom is -0.481 e. The molecule has 1 saturated heterocycles. The lowest BCUT2D eigenvalue weighted by Crippen LogP contribution is -2.43. The molecule has 0 radical (unpaired) electrons. The van der Waals surface area contributed by atoms with E-state index < -0.39 is 24.4 Å². The zero-order valence-corrected chi connectivity index (χ0v) is 8.63. The Bertz CT molecular complexity index is 317. The minimum atomic E-state index is -1.30. The molecule has 0 aromatic rings. The number of nitrogens with two attached hydrogens (primary N) is 1.